The first-order valence-corrected chi connectivity index (χ1v) is 6.12. The Labute approximate surface area is 114 Å². The van der Waals surface area contributed by atoms with Gasteiger partial charge in [-0.15, -0.1) is 0 Å². The summed E-state index contributed by atoms with van der Waals surface area (Å²) < 4.78 is 33.2. The van der Waals surface area contributed by atoms with Gasteiger partial charge in [-0.25, -0.2) is 8.78 Å². The van der Waals surface area contributed by atoms with Gasteiger partial charge in [0.1, 0.15) is 6.61 Å². The summed E-state index contributed by atoms with van der Waals surface area (Å²) in [6.07, 6.45) is 0. The molecule has 2 aromatic rings. The maximum absolute atomic E-state index is 14.2. The smallest absolute Gasteiger partial charge is 0.255 e. The molecule has 0 bridgehead atoms. The summed E-state index contributed by atoms with van der Waals surface area (Å²) in [6, 6.07) is 10.2. The first-order chi connectivity index (χ1) is 9.66. The Morgan fingerprint density at radius 3 is 2.70 bits per heavy atom. The topological polar surface area (TPSA) is 38.3 Å². The lowest BCUT2D eigenvalue weighted by molar-refractivity contribution is 0.0961. The minimum absolute atomic E-state index is 0.0368. The number of amides is 1. The average Bonchev–Trinajstić information content (AvgIpc) is 2.81. The lowest BCUT2D eigenvalue weighted by atomic mass is 10.1. The van der Waals surface area contributed by atoms with Crippen molar-refractivity contribution in [2.45, 2.75) is 13.2 Å². The van der Waals surface area contributed by atoms with Crippen molar-refractivity contribution in [1.29, 1.82) is 0 Å². The van der Waals surface area contributed by atoms with Gasteiger partial charge in [-0.05, 0) is 17.2 Å². The molecule has 0 saturated heterocycles. The lowest BCUT2D eigenvalue weighted by Gasteiger charge is -2.10. The van der Waals surface area contributed by atoms with E-state index in [1.54, 1.807) is 12.1 Å². The second kappa shape index (κ2) is 4.92. The summed E-state index contributed by atoms with van der Waals surface area (Å²) in [4.78, 5) is 11.5. The van der Waals surface area contributed by atoms with Crippen LogP contribution < -0.4 is 10.1 Å². The fraction of sp³-hybridized carbons (Fsp3) is 0.133. The van der Waals surface area contributed by atoms with Crippen molar-refractivity contribution in [3.63, 3.8) is 0 Å². The van der Waals surface area contributed by atoms with E-state index in [1.165, 1.54) is 0 Å². The van der Waals surface area contributed by atoms with Crippen LogP contribution >= 0.6 is 0 Å². The molecule has 1 aliphatic rings. The van der Waals surface area contributed by atoms with Gasteiger partial charge in [0.05, 0.1) is 5.56 Å². The number of fused-ring (bicyclic) bond motifs is 1. The van der Waals surface area contributed by atoms with Crippen LogP contribution in [0.2, 0.25) is 0 Å². The summed E-state index contributed by atoms with van der Waals surface area (Å²) in [5, 5.41) is 2.45. The summed E-state index contributed by atoms with van der Waals surface area (Å²) >= 11 is 0. The molecule has 3 nitrogen and oxygen atoms in total. The zero-order chi connectivity index (χ0) is 14.1. The van der Waals surface area contributed by atoms with E-state index in [9.17, 15) is 13.6 Å². The highest BCUT2D eigenvalue weighted by Crippen LogP contribution is 2.30. The Morgan fingerprint density at radius 2 is 1.95 bits per heavy atom. The first-order valence-electron chi connectivity index (χ1n) is 6.12. The standard InChI is InChI=1S/C15H11F2NO2/c16-11-6-10-7-18-15(19)12(10)13(17)14(11)20-8-9-4-2-1-3-5-9/h1-6H,7-8H2,(H,18,19). The van der Waals surface area contributed by atoms with E-state index in [-0.39, 0.29) is 18.7 Å². The Bertz CT molecular complexity index is 671. The second-order valence-electron chi connectivity index (χ2n) is 4.49. The number of benzene rings is 2. The van der Waals surface area contributed by atoms with Gasteiger partial charge >= 0.3 is 0 Å². The number of rotatable bonds is 3. The Balaban J connectivity index is 1.91. The average molecular weight is 275 g/mol. The number of hydrogen-bond acceptors (Lipinski definition) is 2. The monoisotopic (exact) mass is 275 g/mol. The highest BCUT2D eigenvalue weighted by molar-refractivity contribution is 5.99. The third kappa shape index (κ3) is 2.11. The number of halogens is 2. The summed E-state index contributed by atoms with van der Waals surface area (Å²) in [5.41, 5.74) is 0.975. The van der Waals surface area contributed by atoms with Crippen LogP contribution in [0.3, 0.4) is 0 Å². The van der Waals surface area contributed by atoms with Gasteiger partial charge in [-0.2, -0.15) is 0 Å². The van der Waals surface area contributed by atoms with E-state index in [0.717, 1.165) is 11.6 Å². The molecule has 2 aromatic carbocycles. The summed E-state index contributed by atoms with van der Waals surface area (Å²) in [5.74, 6) is -2.79. The maximum Gasteiger partial charge on any atom is 0.255 e. The van der Waals surface area contributed by atoms with Crippen molar-refractivity contribution in [2.24, 2.45) is 0 Å². The van der Waals surface area contributed by atoms with Gasteiger partial charge in [-0.1, -0.05) is 30.3 Å². The van der Waals surface area contributed by atoms with Crippen LogP contribution in [0.5, 0.6) is 5.75 Å². The maximum atomic E-state index is 14.2. The van der Waals surface area contributed by atoms with Gasteiger partial charge in [0, 0.05) is 6.54 Å². The van der Waals surface area contributed by atoms with Crippen LogP contribution in [0.1, 0.15) is 21.5 Å². The number of nitrogens with one attached hydrogen (secondary N) is 1. The number of hydrogen-bond donors (Lipinski definition) is 1. The molecular formula is C15H11F2NO2. The third-order valence-corrected chi connectivity index (χ3v) is 3.15. The number of ether oxygens (including phenoxy) is 1. The molecule has 1 aliphatic heterocycles. The predicted molar refractivity (Wildman–Crippen MR) is 68.3 cm³/mol. The number of carbonyl (C=O) groups excluding carboxylic acids is 1. The van der Waals surface area contributed by atoms with E-state index in [0.29, 0.717) is 5.56 Å². The third-order valence-electron chi connectivity index (χ3n) is 3.15. The van der Waals surface area contributed by atoms with Gasteiger partial charge in [-0.3, -0.25) is 4.79 Å². The van der Waals surface area contributed by atoms with E-state index in [2.05, 4.69) is 5.32 Å². The van der Waals surface area contributed by atoms with Crippen molar-refractivity contribution >= 4 is 5.91 Å². The highest BCUT2D eigenvalue weighted by atomic mass is 19.1. The van der Waals surface area contributed by atoms with Gasteiger partial charge < -0.3 is 10.1 Å². The quantitative estimate of drug-likeness (QED) is 0.935. The fourth-order valence-corrected chi connectivity index (χ4v) is 2.16. The molecule has 0 fully saturated rings. The van der Waals surface area contributed by atoms with Crippen molar-refractivity contribution in [2.75, 3.05) is 0 Å². The van der Waals surface area contributed by atoms with E-state index < -0.39 is 23.3 Å². The van der Waals surface area contributed by atoms with Crippen LogP contribution in [0.4, 0.5) is 8.78 Å². The molecule has 0 aromatic heterocycles. The van der Waals surface area contributed by atoms with Crippen LogP contribution in [0, 0.1) is 11.6 Å². The van der Waals surface area contributed by atoms with Crippen LogP contribution in [0.25, 0.3) is 0 Å². The molecule has 1 N–H and O–H groups in total. The largest absolute Gasteiger partial charge is 0.483 e. The minimum atomic E-state index is -0.939. The molecule has 0 unspecified atom stereocenters. The van der Waals surface area contributed by atoms with Crippen molar-refractivity contribution in [3.8, 4) is 5.75 Å². The molecule has 1 amide bonds. The summed E-state index contributed by atoms with van der Waals surface area (Å²) in [6.45, 7) is 0.177. The van der Waals surface area contributed by atoms with Gasteiger partial charge in [0.2, 0.25) is 0 Å². The molecule has 102 valence electrons. The molecule has 0 atom stereocenters. The molecule has 3 rings (SSSR count). The zero-order valence-electron chi connectivity index (χ0n) is 10.5. The normalized spacial score (nSPS) is 13.0. The van der Waals surface area contributed by atoms with E-state index in [1.807, 2.05) is 18.2 Å². The molecule has 0 radical (unpaired) electrons. The lowest BCUT2D eigenvalue weighted by Crippen LogP contribution is -2.14. The number of carbonyl (C=O) groups is 1. The molecule has 0 spiro atoms. The molecule has 20 heavy (non-hydrogen) atoms. The Morgan fingerprint density at radius 1 is 1.20 bits per heavy atom. The molecule has 0 aliphatic carbocycles. The van der Waals surface area contributed by atoms with Crippen LogP contribution in [-0.4, -0.2) is 5.91 Å². The molecule has 5 heteroatoms. The van der Waals surface area contributed by atoms with Gasteiger partial charge in [0.25, 0.3) is 5.91 Å². The van der Waals surface area contributed by atoms with E-state index in [4.69, 9.17) is 4.74 Å². The van der Waals surface area contributed by atoms with Crippen molar-refractivity contribution in [1.82, 2.24) is 5.32 Å². The second-order valence-corrected chi connectivity index (χ2v) is 4.49. The molecular weight excluding hydrogens is 264 g/mol. The van der Waals surface area contributed by atoms with Crippen LogP contribution in [-0.2, 0) is 13.2 Å². The Hall–Kier alpha value is -2.43. The Kier molecular flexibility index (Phi) is 3.10. The van der Waals surface area contributed by atoms with Crippen molar-refractivity contribution < 1.29 is 18.3 Å². The van der Waals surface area contributed by atoms with E-state index >= 15 is 0 Å². The van der Waals surface area contributed by atoms with Crippen molar-refractivity contribution in [3.05, 3.63) is 64.7 Å². The zero-order valence-corrected chi connectivity index (χ0v) is 10.5. The predicted octanol–water partition coefficient (Wildman–Crippen LogP) is 2.79. The molecule has 1 heterocycles. The fourth-order valence-electron chi connectivity index (χ4n) is 2.16. The highest BCUT2D eigenvalue weighted by Gasteiger charge is 2.28. The minimum Gasteiger partial charge on any atom is -0.483 e. The first kappa shape index (κ1) is 12.6. The summed E-state index contributed by atoms with van der Waals surface area (Å²) in [7, 11) is 0. The van der Waals surface area contributed by atoms with Gasteiger partial charge in [0.15, 0.2) is 17.4 Å². The molecule has 0 saturated carbocycles. The van der Waals surface area contributed by atoms with Crippen LogP contribution in [0.15, 0.2) is 36.4 Å². The SMILES string of the molecule is O=C1NCc2cc(F)c(OCc3ccccc3)c(F)c21.